The minimum Gasteiger partial charge on any atom is -0.406 e. The average Bonchev–Trinajstić information content (AvgIpc) is 2.39. The fourth-order valence-electron chi connectivity index (χ4n) is 2.01. The van der Waals surface area contributed by atoms with Crippen molar-refractivity contribution in [2.45, 2.75) is 31.8 Å². The van der Waals surface area contributed by atoms with Gasteiger partial charge in [-0.2, -0.15) is 0 Å². The van der Waals surface area contributed by atoms with Crippen LogP contribution < -0.4 is 10.5 Å². The van der Waals surface area contributed by atoms with Crippen molar-refractivity contribution in [3.05, 3.63) is 29.8 Å². The number of likely N-dealkylation sites (tertiary alicyclic amines) is 1. The zero-order valence-corrected chi connectivity index (χ0v) is 10.9. The van der Waals surface area contributed by atoms with Gasteiger partial charge in [0.1, 0.15) is 5.75 Å². The summed E-state index contributed by atoms with van der Waals surface area (Å²) in [4.78, 5) is 24.5. The fourth-order valence-corrected chi connectivity index (χ4v) is 2.01. The van der Waals surface area contributed by atoms with E-state index in [1.54, 1.807) is 0 Å². The standard InChI is InChI=1S/C13H13F3N2O3/c14-13(15,16)21-9-3-1-8(2-4-9)7-18-11(19)6-5-10(17)12(18)20/h1-4,10H,5-7,17H2. The number of amides is 2. The lowest BCUT2D eigenvalue weighted by atomic mass is 10.0. The molecule has 1 aromatic rings. The van der Waals surface area contributed by atoms with E-state index in [0.717, 1.165) is 17.0 Å². The molecule has 0 spiro atoms. The van der Waals surface area contributed by atoms with E-state index in [-0.39, 0.29) is 24.6 Å². The molecule has 0 radical (unpaired) electrons. The van der Waals surface area contributed by atoms with Crippen LogP contribution in [0.25, 0.3) is 0 Å². The van der Waals surface area contributed by atoms with E-state index in [2.05, 4.69) is 4.74 Å². The highest BCUT2D eigenvalue weighted by molar-refractivity contribution is 6.00. The van der Waals surface area contributed by atoms with E-state index in [1.807, 2.05) is 0 Å². The third-order valence-corrected chi connectivity index (χ3v) is 3.05. The van der Waals surface area contributed by atoms with Gasteiger partial charge in [-0.25, -0.2) is 0 Å². The van der Waals surface area contributed by atoms with Crippen LogP contribution in [0.4, 0.5) is 13.2 Å². The van der Waals surface area contributed by atoms with E-state index in [1.165, 1.54) is 12.1 Å². The van der Waals surface area contributed by atoms with Gasteiger partial charge < -0.3 is 10.5 Å². The van der Waals surface area contributed by atoms with Crippen molar-refractivity contribution in [1.29, 1.82) is 0 Å². The minimum atomic E-state index is -4.76. The van der Waals surface area contributed by atoms with Gasteiger partial charge >= 0.3 is 6.36 Å². The third-order valence-electron chi connectivity index (χ3n) is 3.05. The molecule has 114 valence electrons. The minimum absolute atomic E-state index is 0.0162. The number of carbonyl (C=O) groups is 2. The van der Waals surface area contributed by atoms with Crippen LogP contribution in [0.1, 0.15) is 18.4 Å². The van der Waals surface area contributed by atoms with Gasteiger partial charge in [0.25, 0.3) is 0 Å². The van der Waals surface area contributed by atoms with Gasteiger partial charge in [0.2, 0.25) is 11.8 Å². The first-order chi connectivity index (χ1) is 9.76. The van der Waals surface area contributed by atoms with Gasteiger partial charge in [0.05, 0.1) is 12.6 Å². The van der Waals surface area contributed by atoms with Crippen molar-refractivity contribution >= 4 is 11.8 Å². The molecule has 2 N–H and O–H groups in total. The molecule has 0 saturated carbocycles. The van der Waals surface area contributed by atoms with E-state index in [0.29, 0.717) is 12.0 Å². The van der Waals surface area contributed by atoms with Gasteiger partial charge in [-0.05, 0) is 24.1 Å². The van der Waals surface area contributed by atoms with Crippen LogP contribution in [0.5, 0.6) is 5.75 Å². The summed E-state index contributed by atoms with van der Waals surface area (Å²) in [6, 6.07) is 4.27. The van der Waals surface area contributed by atoms with E-state index >= 15 is 0 Å². The lowest BCUT2D eigenvalue weighted by Crippen LogP contribution is -2.50. The number of hydrogen-bond donors (Lipinski definition) is 1. The number of rotatable bonds is 3. The molecule has 1 atom stereocenters. The van der Waals surface area contributed by atoms with Crippen LogP contribution in [0.15, 0.2) is 24.3 Å². The molecule has 5 nitrogen and oxygen atoms in total. The second kappa shape index (κ2) is 5.72. The van der Waals surface area contributed by atoms with Crippen molar-refractivity contribution in [3.63, 3.8) is 0 Å². The number of piperidine rings is 1. The Hall–Kier alpha value is -2.09. The van der Waals surface area contributed by atoms with Crippen LogP contribution in [-0.4, -0.2) is 29.1 Å². The Morgan fingerprint density at radius 1 is 1.24 bits per heavy atom. The number of alkyl halides is 3. The summed E-state index contributed by atoms with van der Waals surface area (Å²) in [5.41, 5.74) is 6.10. The summed E-state index contributed by atoms with van der Waals surface area (Å²) in [6.07, 6.45) is -4.26. The molecule has 0 aliphatic carbocycles. The summed E-state index contributed by atoms with van der Waals surface area (Å²) in [7, 11) is 0. The molecular weight excluding hydrogens is 289 g/mol. The molecule has 0 bridgehead atoms. The van der Waals surface area contributed by atoms with Crippen LogP contribution in [0.2, 0.25) is 0 Å². The largest absolute Gasteiger partial charge is 0.573 e. The lowest BCUT2D eigenvalue weighted by Gasteiger charge is -2.28. The predicted octanol–water partition coefficient (Wildman–Crippen LogP) is 1.56. The molecule has 1 saturated heterocycles. The van der Waals surface area contributed by atoms with Gasteiger partial charge in [-0.1, -0.05) is 12.1 Å². The monoisotopic (exact) mass is 302 g/mol. The maximum absolute atomic E-state index is 12.0. The quantitative estimate of drug-likeness (QED) is 0.860. The van der Waals surface area contributed by atoms with Crippen molar-refractivity contribution in [3.8, 4) is 5.75 Å². The molecule has 1 fully saturated rings. The Balaban J connectivity index is 2.06. The van der Waals surface area contributed by atoms with Crippen LogP contribution in [0, 0.1) is 0 Å². The highest BCUT2D eigenvalue weighted by Gasteiger charge is 2.32. The van der Waals surface area contributed by atoms with Crippen molar-refractivity contribution in [2.75, 3.05) is 0 Å². The highest BCUT2D eigenvalue weighted by atomic mass is 19.4. The molecule has 0 aromatic heterocycles. The Kier molecular flexibility index (Phi) is 4.17. The number of nitrogens with zero attached hydrogens (tertiary/aromatic N) is 1. The van der Waals surface area contributed by atoms with Gasteiger partial charge in [0, 0.05) is 6.42 Å². The maximum atomic E-state index is 12.0. The molecule has 1 unspecified atom stereocenters. The first-order valence-corrected chi connectivity index (χ1v) is 6.21. The lowest BCUT2D eigenvalue weighted by molar-refractivity contribution is -0.274. The summed E-state index contributed by atoms with van der Waals surface area (Å²) in [5.74, 6) is -1.17. The van der Waals surface area contributed by atoms with Crippen LogP contribution >= 0.6 is 0 Å². The number of halogens is 3. The predicted molar refractivity (Wildman–Crippen MR) is 65.9 cm³/mol. The first kappa shape index (κ1) is 15.3. The second-order valence-corrected chi connectivity index (χ2v) is 4.66. The SMILES string of the molecule is NC1CCC(=O)N(Cc2ccc(OC(F)(F)F)cc2)C1=O. The van der Waals surface area contributed by atoms with Gasteiger partial charge in [-0.3, -0.25) is 14.5 Å². The van der Waals surface area contributed by atoms with Crippen molar-refractivity contribution in [2.24, 2.45) is 5.73 Å². The van der Waals surface area contributed by atoms with Crippen LogP contribution in [0.3, 0.4) is 0 Å². The number of benzene rings is 1. The molecule has 2 amide bonds. The van der Waals surface area contributed by atoms with Gasteiger partial charge in [-0.15, -0.1) is 13.2 Å². The van der Waals surface area contributed by atoms with E-state index in [4.69, 9.17) is 5.73 Å². The van der Waals surface area contributed by atoms with Crippen molar-refractivity contribution in [1.82, 2.24) is 4.90 Å². The van der Waals surface area contributed by atoms with Crippen LogP contribution in [-0.2, 0) is 16.1 Å². The molecule has 2 rings (SSSR count). The summed E-state index contributed by atoms with van der Waals surface area (Å²) >= 11 is 0. The second-order valence-electron chi connectivity index (χ2n) is 4.66. The summed E-state index contributed by atoms with van der Waals surface area (Å²) in [6.45, 7) is -0.0162. The maximum Gasteiger partial charge on any atom is 0.573 e. The number of ether oxygens (including phenoxy) is 1. The highest BCUT2D eigenvalue weighted by Crippen LogP contribution is 2.23. The molecule has 8 heteroatoms. The van der Waals surface area contributed by atoms with E-state index in [9.17, 15) is 22.8 Å². The van der Waals surface area contributed by atoms with Crippen molar-refractivity contribution < 1.29 is 27.5 Å². The first-order valence-electron chi connectivity index (χ1n) is 6.21. The zero-order chi connectivity index (χ0) is 15.6. The Bertz CT molecular complexity index is 543. The normalized spacial score (nSPS) is 19.8. The molecule has 1 aliphatic rings. The molecule has 1 aliphatic heterocycles. The average molecular weight is 302 g/mol. The fraction of sp³-hybridized carbons (Fsp3) is 0.385. The molecule has 1 heterocycles. The summed E-state index contributed by atoms with van der Waals surface area (Å²) < 4.78 is 39.8. The Labute approximate surface area is 118 Å². The number of imide groups is 1. The zero-order valence-electron chi connectivity index (χ0n) is 10.9. The number of nitrogens with two attached hydrogens (primary N) is 1. The third kappa shape index (κ3) is 3.94. The summed E-state index contributed by atoms with van der Waals surface area (Å²) in [5, 5.41) is 0. The molecule has 21 heavy (non-hydrogen) atoms. The molecular formula is C13H13F3N2O3. The number of carbonyl (C=O) groups excluding carboxylic acids is 2. The topological polar surface area (TPSA) is 72.6 Å². The number of hydrogen-bond acceptors (Lipinski definition) is 4. The molecule has 1 aromatic carbocycles. The Morgan fingerprint density at radius 2 is 1.86 bits per heavy atom. The van der Waals surface area contributed by atoms with Gasteiger partial charge in [0.15, 0.2) is 0 Å². The smallest absolute Gasteiger partial charge is 0.406 e. The Morgan fingerprint density at radius 3 is 2.43 bits per heavy atom. The van der Waals surface area contributed by atoms with E-state index < -0.39 is 18.3 Å².